The summed E-state index contributed by atoms with van der Waals surface area (Å²) in [5, 5.41) is 0. The number of allylic oxidation sites excluding steroid dienone is 1. The van der Waals surface area contributed by atoms with Crippen molar-refractivity contribution in [1.29, 1.82) is 0 Å². The number of hydrogen-bond donors (Lipinski definition) is 2. The molecule has 2 aliphatic rings. The highest BCUT2D eigenvalue weighted by Gasteiger charge is 2.18. The lowest BCUT2D eigenvalue weighted by atomic mass is 10.1. The lowest BCUT2D eigenvalue weighted by Gasteiger charge is -2.05. The second kappa shape index (κ2) is 7.81. The summed E-state index contributed by atoms with van der Waals surface area (Å²) in [6, 6.07) is 6.37. The van der Waals surface area contributed by atoms with Crippen LogP contribution >= 0.6 is 0 Å². The van der Waals surface area contributed by atoms with Crippen molar-refractivity contribution >= 4 is 11.8 Å². The van der Waals surface area contributed by atoms with E-state index >= 15 is 0 Å². The fourth-order valence-corrected chi connectivity index (χ4v) is 3.83. The third kappa shape index (κ3) is 3.69. The van der Waals surface area contributed by atoms with Gasteiger partial charge in [0.15, 0.2) is 0 Å². The zero-order valence-electron chi connectivity index (χ0n) is 15.5. The summed E-state index contributed by atoms with van der Waals surface area (Å²) in [4.78, 5) is 11.6. The second-order valence-electron chi connectivity index (χ2n) is 7.18. The van der Waals surface area contributed by atoms with Gasteiger partial charge in [-0.05, 0) is 55.5 Å². The molecule has 0 aromatic carbocycles. The molecule has 0 radical (unpaired) electrons. The first-order valence-electron chi connectivity index (χ1n) is 9.74. The molecule has 0 saturated carbocycles. The molecule has 0 fully saturated rings. The smallest absolute Gasteiger partial charge is 0.146 e. The van der Waals surface area contributed by atoms with Crippen molar-refractivity contribution in [2.45, 2.75) is 51.4 Å². The zero-order valence-corrected chi connectivity index (χ0v) is 15.5. The van der Waals surface area contributed by atoms with E-state index in [1.54, 1.807) is 7.11 Å². The molecule has 2 N–H and O–H groups in total. The first kappa shape index (κ1) is 17.0. The van der Waals surface area contributed by atoms with Gasteiger partial charge >= 0.3 is 0 Å². The van der Waals surface area contributed by atoms with Crippen LogP contribution in [0.3, 0.4) is 0 Å². The molecule has 2 aromatic rings. The largest absolute Gasteiger partial charge is 0.494 e. The SMILES string of the molecule is COC1=CC(c2ccc[nH]2)=NC1=Cc1[nH]c2cc1CCCCCCCC2. The second-order valence-corrected chi connectivity index (χ2v) is 7.18. The Balaban J connectivity index is 1.65. The number of rotatable bonds is 3. The standard InChI is InChI=1S/C22H27N3O/c1-26-22-15-20(18-11-8-12-23-18)25-21(22)14-19-16-9-6-4-2-3-5-7-10-17(13-16)24-19/h8,11-15,23-24H,2-7,9-10H2,1H3. The van der Waals surface area contributed by atoms with Crippen molar-refractivity contribution < 1.29 is 4.74 Å². The van der Waals surface area contributed by atoms with E-state index < -0.39 is 0 Å². The summed E-state index contributed by atoms with van der Waals surface area (Å²) >= 11 is 0. The number of hydrogen-bond acceptors (Lipinski definition) is 2. The number of aromatic nitrogens is 2. The molecule has 4 nitrogen and oxygen atoms in total. The maximum Gasteiger partial charge on any atom is 0.146 e. The molecule has 1 aliphatic carbocycles. The Kier molecular flexibility index (Phi) is 5.09. The molecule has 4 heteroatoms. The van der Waals surface area contributed by atoms with E-state index in [9.17, 15) is 0 Å². The number of aryl methyl sites for hydroxylation is 2. The van der Waals surface area contributed by atoms with Gasteiger partial charge in [0.2, 0.25) is 0 Å². The summed E-state index contributed by atoms with van der Waals surface area (Å²) in [5.74, 6) is 0.817. The Bertz CT molecular complexity index is 837. The van der Waals surface area contributed by atoms with Gasteiger partial charge in [-0.3, -0.25) is 0 Å². The third-order valence-corrected chi connectivity index (χ3v) is 5.27. The molecular weight excluding hydrogens is 322 g/mol. The topological polar surface area (TPSA) is 53.2 Å². The Labute approximate surface area is 155 Å². The van der Waals surface area contributed by atoms with Gasteiger partial charge in [-0.25, -0.2) is 4.99 Å². The van der Waals surface area contributed by atoms with Crippen LogP contribution in [0.25, 0.3) is 6.08 Å². The fraction of sp³-hybridized carbons (Fsp3) is 0.409. The van der Waals surface area contributed by atoms with Crippen molar-refractivity contribution in [3.63, 3.8) is 0 Å². The van der Waals surface area contributed by atoms with Crippen LogP contribution in [-0.2, 0) is 17.6 Å². The average molecular weight is 349 g/mol. The fourth-order valence-electron chi connectivity index (χ4n) is 3.83. The zero-order chi connectivity index (χ0) is 17.8. The number of methoxy groups -OCH3 is 1. The van der Waals surface area contributed by atoms with E-state index in [-0.39, 0.29) is 0 Å². The maximum atomic E-state index is 5.58. The minimum absolute atomic E-state index is 0.817. The highest BCUT2D eigenvalue weighted by atomic mass is 16.5. The van der Waals surface area contributed by atoms with Gasteiger partial charge in [0.25, 0.3) is 0 Å². The first-order chi connectivity index (χ1) is 12.8. The Morgan fingerprint density at radius 2 is 1.88 bits per heavy atom. The quantitative estimate of drug-likeness (QED) is 0.790. The lowest BCUT2D eigenvalue weighted by Crippen LogP contribution is -1.93. The number of aromatic amines is 2. The molecule has 2 bridgehead atoms. The lowest BCUT2D eigenvalue weighted by molar-refractivity contribution is 0.303. The third-order valence-electron chi connectivity index (χ3n) is 5.27. The monoisotopic (exact) mass is 349 g/mol. The van der Waals surface area contributed by atoms with Crippen LogP contribution in [0.15, 0.2) is 46.9 Å². The maximum absolute atomic E-state index is 5.58. The van der Waals surface area contributed by atoms with Crippen molar-refractivity contribution in [1.82, 2.24) is 9.97 Å². The van der Waals surface area contributed by atoms with E-state index in [1.807, 2.05) is 24.4 Å². The van der Waals surface area contributed by atoms with Crippen LogP contribution in [0.2, 0.25) is 0 Å². The highest BCUT2D eigenvalue weighted by molar-refractivity contribution is 6.11. The van der Waals surface area contributed by atoms with Crippen LogP contribution in [0.4, 0.5) is 0 Å². The normalized spacial score (nSPS) is 19.8. The summed E-state index contributed by atoms with van der Waals surface area (Å²) < 4.78 is 5.58. The van der Waals surface area contributed by atoms with E-state index in [1.165, 1.54) is 55.5 Å². The van der Waals surface area contributed by atoms with Gasteiger partial charge in [0.1, 0.15) is 11.5 Å². The minimum Gasteiger partial charge on any atom is -0.494 e. The highest BCUT2D eigenvalue weighted by Crippen LogP contribution is 2.27. The molecule has 4 rings (SSSR count). The molecule has 2 aromatic heterocycles. The predicted octanol–water partition coefficient (Wildman–Crippen LogP) is 5.16. The number of H-pyrrole nitrogens is 2. The minimum atomic E-state index is 0.817. The van der Waals surface area contributed by atoms with E-state index in [0.717, 1.165) is 35.7 Å². The van der Waals surface area contributed by atoms with Crippen molar-refractivity contribution in [2.75, 3.05) is 7.11 Å². The van der Waals surface area contributed by atoms with Gasteiger partial charge < -0.3 is 14.7 Å². The molecule has 0 amide bonds. The molecule has 0 unspecified atom stereocenters. The molecule has 136 valence electrons. The van der Waals surface area contributed by atoms with Crippen LogP contribution < -0.4 is 0 Å². The number of fused-ring (bicyclic) bond motifs is 2. The van der Waals surface area contributed by atoms with Crippen LogP contribution in [-0.4, -0.2) is 22.8 Å². The molecule has 0 saturated heterocycles. The summed E-state index contributed by atoms with van der Waals surface area (Å²) in [5.41, 5.74) is 6.77. The molecular formula is C22H27N3O. The average Bonchev–Trinajstić information content (AvgIpc) is 3.36. The summed E-state index contributed by atoms with van der Waals surface area (Å²) in [6.07, 6.45) is 16.3. The molecule has 0 spiro atoms. The van der Waals surface area contributed by atoms with Gasteiger partial charge in [0, 0.05) is 23.7 Å². The molecule has 3 heterocycles. The molecule has 1 aliphatic heterocycles. The summed E-state index contributed by atoms with van der Waals surface area (Å²) in [7, 11) is 1.71. The van der Waals surface area contributed by atoms with Crippen LogP contribution in [0, 0.1) is 0 Å². The summed E-state index contributed by atoms with van der Waals surface area (Å²) in [6.45, 7) is 0. The Morgan fingerprint density at radius 3 is 2.65 bits per heavy atom. The van der Waals surface area contributed by atoms with Gasteiger partial charge in [-0.1, -0.05) is 25.7 Å². The number of ether oxygens (including phenoxy) is 1. The number of nitrogens with zero attached hydrogens (tertiary/aromatic N) is 1. The molecule has 26 heavy (non-hydrogen) atoms. The number of aliphatic imine (C=N–C) groups is 1. The van der Waals surface area contributed by atoms with Crippen LogP contribution in [0.5, 0.6) is 0 Å². The molecule has 0 atom stereocenters. The van der Waals surface area contributed by atoms with Gasteiger partial charge in [-0.15, -0.1) is 0 Å². The Hall–Kier alpha value is -2.49. The Morgan fingerprint density at radius 1 is 1.08 bits per heavy atom. The van der Waals surface area contributed by atoms with Gasteiger partial charge in [-0.2, -0.15) is 0 Å². The van der Waals surface area contributed by atoms with Gasteiger partial charge in [0.05, 0.1) is 18.5 Å². The number of nitrogens with one attached hydrogen (secondary N) is 2. The van der Waals surface area contributed by atoms with Crippen molar-refractivity contribution in [3.8, 4) is 0 Å². The van der Waals surface area contributed by atoms with E-state index in [0.29, 0.717) is 0 Å². The van der Waals surface area contributed by atoms with E-state index in [4.69, 9.17) is 9.73 Å². The first-order valence-corrected chi connectivity index (χ1v) is 9.74. The van der Waals surface area contributed by atoms with Crippen molar-refractivity contribution in [3.05, 3.63) is 64.6 Å². The van der Waals surface area contributed by atoms with E-state index in [2.05, 4.69) is 22.1 Å². The van der Waals surface area contributed by atoms with Crippen molar-refractivity contribution in [2.24, 2.45) is 4.99 Å². The van der Waals surface area contributed by atoms with Crippen LogP contribution in [0.1, 0.15) is 61.2 Å². The predicted molar refractivity (Wildman–Crippen MR) is 106 cm³/mol.